The van der Waals surface area contributed by atoms with Crippen LogP contribution in [0.15, 0.2) is 47.4 Å². The lowest BCUT2D eigenvalue weighted by atomic mass is 9.98. The van der Waals surface area contributed by atoms with E-state index < -0.39 is 10.0 Å². The van der Waals surface area contributed by atoms with Crippen LogP contribution in [-0.4, -0.2) is 46.8 Å². The lowest BCUT2D eigenvalue weighted by Crippen LogP contribution is -2.31. The Kier molecular flexibility index (Phi) is 6.15. The molecule has 0 spiro atoms. The number of nitrogens with zero attached hydrogens (tertiary/aromatic N) is 3. The maximum absolute atomic E-state index is 12.1. The van der Waals surface area contributed by atoms with Gasteiger partial charge in [-0.1, -0.05) is 43.3 Å². The molecule has 0 amide bonds. The normalized spacial score (nSPS) is 12.8. The second kappa shape index (κ2) is 8.57. The third-order valence-corrected chi connectivity index (χ3v) is 5.43. The lowest BCUT2D eigenvalue weighted by molar-refractivity contribution is 0.238. The Morgan fingerprint density at radius 2 is 1.96 bits per heavy atom. The van der Waals surface area contributed by atoms with Crippen LogP contribution in [0.5, 0.6) is 0 Å². The molecule has 0 radical (unpaired) electrons. The number of aliphatic hydroxyl groups excluding tert-OH is 1. The molecular formula is C18H22N6O3S. The molecule has 148 valence electrons. The van der Waals surface area contributed by atoms with Crippen LogP contribution in [-0.2, 0) is 16.6 Å². The van der Waals surface area contributed by atoms with E-state index in [1.54, 1.807) is 12.1 Å². The van der Waals surface area contributed by atoms with Crippen LogP contribution >= 0.6 is 0 Å². The largest absolute Gasteiger partial charge is 0.395 e. The Labute approximate surface area is 163 Å². The van der Waals surface area contributed by atoms with Crippen molar-refractivity contribution >= 4 is 10.0 Å². The van der Waals surface area contributed by atoms with Crippen molar-refractivity contribution in [2.45, 2.75) is 30.8 Å². The number of H-pyrrole nitrogens is 1. The van der Waals surface area contributed by atoms with Gasteiger partial charge < -0.3 is 10.4 Å². The molecule has 0 saturated carbocycles. The third-order valence-electron chi connectivity index (χ3n) is 4.47. The maximum atomic E-state index is 12.1. The smallest absolute Gasteiger partial charge is 0.238 e. The topological polar surface area (TPSA) is 147 Å². The van der Waals surface area contributed by atoms with Gasteiger partial charge in [-0.2, -0.15) is 5.21 Å². The average Bonchev–Trinajstić information content (AvgIpc) is 3.22. The highest BCUT2D eigenvalue weighted by molar-refractivity contribution is 7.89. The molecule has 1 heterocycles. The van der Waals surface area contributed by atoms with Crippen molar-refractivity contribution in [2.24, 2.45) is 5.14 Å². The van der Waals surface area contributed by atoms with Crippen molar-refractivity contribution < 1.29 is 13.5 Å². The summed E-state index contributed by atoms with van der Waals surface area (Å²) < 4.78 is 24.1. The number of tetrazole rings is 1. The summed E-state index contributed by atoms with van der Waals surface area (Å²) in [5.74, 6) is 0.152. The van der Waals surface area contributed by atoms with Gasteiger partial charge in [0.2, 0.25) is 15.8 Å². The van der Waals surface area contributed by atoms with Crippen molar-refractivity contribution in [3.05, 3.63) is 48.0 Å². The number of nitrogens with two attached hydrogens (primary N) is 1. The molecule has 0 fully saturated rings. The van der Waals surface area contributed by atoms with Gasteiger partial charge in [0.05, 0.1) is 17.1 Å². The molecular weight excluding hydrogens is 380 g/mol. The second-order valence-electron chi connectivity index (χ2n) is 6.32. The number of hydrogen-bond donors (Lipinski definition) is 4. The number of benzene rings is 2. The highest BCUT2D eigenvalue weighted by atomic mass is 32.2. The predicted octanol–water partition coefficient (Wildman–Crippen LogP) is 1.04. The summed E-state index contributed by atoms with van der Waals surface area (Å²) >= 11 is 0. The first kappa shape index (κ1) is 20.1. The van der Waals surface area contributed by atoms with Crippen molar-refractivity contribution in [3.63, 3.8) is 0 Å². The maximum Gasteiger partial charge on any atom is 0.238 e. The van der Waals surface area contributed by atoms with Gasteiger partial charge in [0.25, 0.3) is 0 Å². The number of rotatable bonds is 8. The van der Waals surface area contributed by atoms with Crippen molar-refractivity contribution in [1.82, 2.24) is 25.9 Å². The Balaban J connectivity index is 1.98. The minimum atomic E-state index is -3.98. The van der Waals surface area contributed by atoms with Gasteiger partial charge in [-0.15, -0.1) is 10.2 Å². The number of aromatic nitrogens is 4. The molecule has 28 heavy (non-hydrogen) atoms. The Morgan fingerprint density at radius 3 is 2.54 bits per heavy atom. The Hall–Kier alpha value is -2.66. The average molecular weight is 402 g/mol. The second-order valence-corrected chi connectivity index (χ2v) is 7.85. The fraction of sp³-hybridized carbons (Fsp3) is 0.278. The number of hydrogen-bond acceptors (Lipinski definition) is 7. The van der Waals surface area contributed by atoms with E-state index in [1.165, 1.54) is 6.07 Å². The molecule has 0 aliphatic carbocycles. The van der Waals surface area contributed by atoms with Gasteiger partial charge in [0, 0.05) is 12.6 Å². The van der Waals surface area contributed by atoms with Gasteiger partial charge >= 0.3 is 0 Å². The molecule has 10 heteroatoms. The van der Waals surface area contributed by atoms with E-state index in [0.717, 1.165) is 17.5 Å². The minimum Gasteiger partial charge on any atom is -0.395 e. The molecule has 0 aliphatic heterocycles. The summed E-state index contributed by atoms with van der Waals surface area (Å²) in [7, 11) is -3.98. The number of aliphatic hydroxyl groups is 1. The van der Waals surface area contributed by atoms with Crippen molar-refractivity contribution in [3.8, 4) is 22.5 Å². The van der Waals surface area contributed by atoms with Crippen LogP contribution in [0.1, 0.15) is 18.9 Å². The summed E-state index contributed by atoms with van der Waals surface area (Å²) in [4.78, 5) is -0.0640. The van der Waals surface area contributed by atoms with E-state index in [2.05, 4.69) is 25.9 Å². The molecule has 1 aromatic heterocycles. The van der Waals surface area contributed by atoms with E-state index in [-0.39, 0.29) is 23.4 Å². The van der Waals surface area contributed by atoms with Gasteiger partial charge in [-0.25, -0.2) is 13.6 Å². The van der Waals surface area contributed by atoms with Crippen molar-refractivity contribution in [2.75, 3.05) is 6.61 Å². The quantitative estimate of drug-likeness (QED) is 0.440. The molecule has 5 N–H and O–H groups in total. The minimum absolute atomic E-state index is 0.0518. The number of primary sulfonamides is 1. The number of sulfonamides is 1. The standard InChI is InChI=1S/C18H22N6O3S/c1-2-14(11-25)20-10-12-6-8-13(9-7-12)15-4-3-5-16(28(19,26)27)17(15)18-21-23-24-22-18/h3-9,14,20,25H,2,10-11H2,1H3,(H2,19,26,27)(H,21,22,23,24). The van der Waals surface area contributed by atoms with Gasteiger partial charge in [-0.3, -0.25) is 0 Å². The van der Waals surface area contributed by atoms with Crippen LogP contribution in [0.4, 0.5) is 0 Å². The molecule has 1 unspecified atom stereocenters. The Bertz CT molecular complexity index is 1020. The van der Waals surface area contributed by atoms with Crippen LogP contribution in [0.25, 0.3) is 22.5 Å². The number of nitrogens with one attached hydrogen (secondary N) is 2. The first-order valence-corrected chi connectivity index (χ1v) is 10.3. The molecule has 3 aromatic rings. The number of aromatic amines is 1. The zero-order chi connectivity index (χ0) is 20.1. The van der Waals surface area contributed by atoms with Crippen LogP contribution in [0.3, 0.4) is 0 Å². The summed E-state index contributed by atoms with van der Waals surface area (Å²) in [5, 5.41) is 31.7. The van der Waals surface area contributed by atoms with Crippen LogP contribution in [0, 0.1) is 0 Å². The zero-order valence-electron chi connectivity index (χ0n) is 15.3. The molecule has 1 atom stereocenters. The van der Waals surface area contributed by atoms with E-state index in [9.17, 15) is 13.5 Å². The summed E-state index contributed by atoms with van der Waals surface area (Å²) in [6, 6.07) is 12.5. The monoisotopic (exact) mass is 402 g/mol. The third kappa shape index (κ3) is 4.42. The highest BCUT2D eigenvalue weighted by Crippen LogP contribution is 2.34. The fourth-order valence-corrected chi connectivity index (χ4v) is 3.66. The van der Waals surface area contributed by atoms with Crippen molar-refractivity contribution in [1.29, 1.82) is 0 Å². The molecule has 0 saturated heterocycles. The first-order chi connectivity index (χ1) is 13.4. The van der Waals surface area contributed by atoms with Crippen LogP contribution in [0.2, 0.25) is 0 Å². The predicted molar refractivity (Wildman–Crippen MR) is 104 cm³/mol. The Morgan fingerprint density at radius 1 is 1.21 bits per heavy atom. The van der Waals surface area contributed by atoms with E-state index in [4.69, 9.17) is 5.14 Å². The van der Waals surface area contributed by atoms with Gasteiger partial charge in [0.1, 0.15) is 0 Å². The molecule has 2 aromatic carbocycles. The molecule has 3 rings (SSSR count). The van der Waals surface area contributed by atoms with E-state index in [0.29, 0.717) is 17.7 Å². The first-order valence-electron chi connectivity index (χ1n) is 8.77. The van der Waals surface area contributed by atoms with Gasteiger partial charge in [0.15, 0.2) is 0 Å². The fourth-order valence-electron chi connectivity index (χ4n) is 2.91. The SMILES string of the molecule is CCC(CO)NCc1ccc(-c2cccc(S(N)(=O)=O)c2-c2nn[nH]n2)cc1. The lowest BCUT2D eigenvalue weighted by Gasteiger charge is -2.15. The summed E-state index contributed by atoms with van der Waals surface area (Å²) in [6.45, 7) is 2.71. The van der Waals surface area contributed by atoms with Crippen LogP contribution < -0.4 is 10.5 Å². The summed E-state index contributed by atoms with van der Waals surface area (Å²) in [6.07, 6.45) is 0.836. The van der Waals surface area contributed by atoms with E-state index in [1.807, 2.05) is 31.2 Å². The zero-order valence-corrected chi connectivity index (χ0v) is 16.1. The van der Waals surface area contributed by atoms with E-state index >= 15 is 0 Å². The molecule has 0 bridgehead atoms. The van der Waals surface area contributed by atoms with Gasteiger partial charge in [-0.05, 0) is 34.4 Å². The highest BCUT2D eigenvalue weighted by Gasteiger charge is 2.22. The molecule has 9 nitrogen and oxygen atoms in total. The summed E-state index contributed by atoms with van der Waals surface area (Å²) in [5.41, 5.74) is 2.77. The molecule has 0 aliphatic rings.